The molecule has 0 aliphatic rings. The molecule has 1 atom stereocenters. The van der Waals surface area contributed by atoms with Gasteiger partial charge in [-0.3, -0.25) is 0 Å². The highest BCUT2D eigenvalue weighted by molar-refractivity contribution is 7.98. The minimum absolute atomic E-state index is 0.784. The van der Waals surface area contributed by atoms with Crippen LogP contribution in [0.5, 0.6) is 0 Å². The van der Waals surface area contributed by atoms with Crippen LogP contribution in [0.2, 0.25) is 0 Å². The average Bonchev–Trinajstić information content (AvgIpc) is 2.03. The van der Waals surface area contributed by atoms with Gasteiger partial charge in [0.2, 0.25) is 0 Å². The van der Waals surface area contributed by atoms with Crippen LogP contribution < -0.4 is 5.73 Å². The highest BCUT2D eigenvalue weighted by atomic mass is 32.2. The van der Waals surface area contributed by atoms with Crippen molar-refractivity contribution in [1.29, 1.82) is 0 Å². The smallest absolute Gasteiger partial charge is 0.00489 e. The first-order valence-corrected chi connectivity index (χ1v) is 5.93. The second-order valence-electron chi connectivity index (χ2n) is 3.03. The van der Waals surface area contributed by atoms with Gasteiger partial charge in [-0.2, -0.15) is 11.8 Å². The minimum Gasteiger partial charge on any atom is -0.330 e. The maximum Gasteiger partial charge on any atom is -0.00489 e. The Morgan fingerprint density at radius 2 is 2.09 bits per heavy atom. The molecule has 1 nitrogen and oxygen atoms in total. The van der Waals surface area contributed by atoms with Crippen molar-refractivity contribution in [2.45, 2.75) is 32.6 Å². The number of hydrogen-bond acceptors (Lipinski definition) is 2. The Hall–Kier alpha value is 0.310. The lowest BCUT2D eigenvalue weighted by Crippen LogP contribution is -2.14. The summed E-state index contributed by atoms with van der Waals surface area (Å²) in [5, 5.41) is 0. The van der Waals surface area contributed by atoms with Crippen molar-refractivity contribution in [1.82, 2.24) is 0 Å². The van der Waals surface area contributed by atoms with Gasteiger partial charge in [0.15, 0.2) is 0 Å². The molecule has 68 valence electrons. The Labute approximate surface area is 75.1 Å². The standard InChI is InChI=1S/C9H21NS/c1-3-5-9(8-10)6-4-7-11-2/h9H,3-8,10H2,1-2H3. The zero-order chi connectivity index (χ0) is 8.53. The quantitative estimate of drug-likeness (QED) is 0.602. The summed E-state index contributed by atoms with van der Waals surface area (Å²) in [5.74, 6) is 2.08. The molecule has 0 bridgehead atoms. The zero-order valence-electron chi connectivity index (χ0n) is 7.81. The molecule has 0 aromatic carbocycles. The topological polar surface area (TPSA) is 26.0 Å². The van der Waals surface area contributed by atoms with E-state index < -0.39 is 0 Å². The second kappa shape index (κ2) is 8.41. The van der Waals surface area contributed by atoms with E-state index in [2.05, 4.69) is 13.2 Å². The molecule has 0 heterocycles. The van der Waals surface area contributed by atoms with Crippen molar-refractivity contribution < 1.29 is 0 Å². The van der Waals surface area contributed by atoms with Gasteiger partial charge in [0, 0.05) is 0 Å². The summed E-state index contributed by atoms with van der Waals surface area (Å²) < 4.78 is 0. The highest BCUT2D eigenvalue weighted by Crippen LogP contribution is 2.13. The fraction of sp³-hybridized carbons (Fsp3) is 1.00. The molecule has 0 aromatic heterocycles. The molecule has 0 radical (unpaired) electrons. The third-order valence-electron chi connectivity index (χ3n) is 1.99. The lowest BCUT2D eigenvalue weighted by molar-refractivity contribution is 0.452. The second-order valence-corrected chi connectivity index (χ2v) is 4.01. The number of nitrogens with two attached hydrogens (primary N) is 1. The highest BCUT2D eigenvalue weighted by Gasteiger charge is 2.03. The van der Waals surface area contributed by atoms with Crippen LogP contribution in [0.4, 0.5) is 0 Å². The zero-order valence-corrected chi connectivity index (χ0v) is 8.62. The predicted octanol–water partition coefficient (Wildman–Crippen LogP) is 2.50. The van der Waals surface area contributed by atoms with Crippen molar-refractivity contribution in [2.24, 2.45) is 11.7 Å². The summed E-state index contributed by atoms with van der Waals surface area (Å²) in [7, 11) is 0. The van der Waals surface area contributed by atoms with E-state index in [4.69, 9.17) is 5.73 Å². The summed E-state index contributed by atoms with van der Waals surface area (Å²) in [6.07, 6.45) is 7.41. The van der Waals surface area contributed by atoms with Gasteiger partial charge in [-0.25, -0.2) is 0 Å². The van der Waals surface area contributed by atoms with Gasteiger partial charge in [0.25, 0.3) is 0 Å². The van der Waals surface area contributed by atoms with Crippen LogP contribution in [-0.2, 0) is 0 Å². The Morgan fingerprint density at radius 3 is 2.55 bits per heavy atom. The Bertz CT molecular complexity index is 76.0. The lowest BCUT2D eigenvalue weighted by Gasteiger charge is -2.12. The van der Waals surface area contributed by atoms with Crippen LogP contribution in [0, 0.1) is 5.92 Å². The number of thioether (sulfide) groups is 1. The molecule has 11 heavy (non-hydrogen) atoms. The predicted molar refractivity (Wildman–Crippen MR) is 55.1 cm³/mol. The fourth-order valence-electron chi connectivity index (χ4n) is 1.30. The first-order chi connectivity index (χ1) is 5.35. The minimum atomic E-state index is 0.784. The van der Waals surface area contributed by atoms with Crippen molar-refractivity contribution in [2.75, 3.05) is 18.6 Å². The molecule has 0 rings (SSSR count). The van der Waals surface area contributed by atoms with Crippen LogP contribution in [0.1, 0.15) is 32.6 Å². The third-order valence-corrected chi connectivity index (χ3v) is 2.69. The van der Waals surface area contributed by atoms with Gasteiger partial charge in [0.1, 0.15) is 0 Å². The Morgan fingerprint density at radius 1 is 1.36 bits per heavy atom. The molecule has 0 spiro atoms. The summed E-state index contributed by atoms with van der Waals surface area (Å²) >= 11 is 1.93. The van der Waals surface area contributed by atoms with E-state index in [9.17, 15) is 0 Å². The molecule has 0 fully saturated rings. The van der Waals surface area contributed by atoms with Crippen LogP contribution in [0.15, 0.2) is 0 Å². The molecule has 0 aromatic rings. The van der Waals surface area contributed by atoms with E-state index in [1.165, 1.54) is 31.4 Å². The van der Waals surface area contributed by atoms with Gasteiger partial charge in [-0.05, 0) is 43.7 Å². The SMILES string of the molecule is CCCC(CN)CCCSC. The molecule has 0 saturated carbocycles. The van der Waals surface area contributed by atoms with Crippen molar-refractivity contribution in [3.05, 3.63) is 0 Å². The Balaban J connectivity index is 3.20. The molecule has 1 unspecified atom stereocenters. The molecule has 2 heteroatoms. The Kier molecular flexibility index (Phi) is 8.64. The van der Waals surface area contributed by atoms with Crippen LogP contribution in [0.3, 0.4) is 0 Å². The van der Waals surface area contributed by atoms with E-state index >= 15 is 0 Å². The van der Waals surface area contributed by atoms with E-state index in [1.807, 2.05) is 11.8 Å². The largest absolute Gasteiger partial charge is 0.330 e. The monoisotopic (exact) mass is 175 g/mol. The van der Waals surface area contributed by atoms with E-state index in [0.29, 0.717) is 0 Å². The molecule has 0 aliphatic heterocycles. The van der Waals surface area contributed by atoms with Crippen LogP contribution in [0.25, 0.3) is 0 Å². The van der Waals surface area contributed by atoms with Crippen molar-refractivity contribution in [3.8, 4) is 0 Å². The van der Waals surface area contributed by atoms with E-state index in [0.717, 1.165) is 12.5 Å². The van der Waals surface area contributed by atoms with Crippen molar-refractivity contribution >= 4 is 11.8 Å². The third kappa shape index (κ3) is 6.70. The van der Waals surface area contributed by atoms with Gasteiger partial charge in [-0.15, -0.1) is 0 Å². The normalized spacial score (nSPS) is 13.4. The molecule has 2 N–H and O–H groups in total. The van der Waals surface area contributed by atoms with Gasteiger partial charge < -0.3 is 5.73 Å². The maximum atomic E-state index is 5.63. The molecule has 0 amide bonds. The van der Waals surface area contributed by atoms with Gasteiger partial charge in [0.05, 0.1) is 0 Å². The first kappa shape index (κ1) is 11.3. The average molecular weight is 175 g/mol. The van der Waals surface area contributed by atoms with Crippen LogP contribution in [-0.4, -0.2) is 18.6 Å². The maximum absolute atomic E-state index is 5.63. The summed E-state index contributed by atoms with van der Waals surface area (Å²) in [6, 6.07) is 0. The van der Waals surface area contributed by atoms with E-state index in [-0.39, 0.29) is 0 Å². The molecule has 0 saturated heterocycles. The number of rotatable bonds is 7. The molecular weight excluding hydrogens is 154 g/mol. The van der Waals surface area contributed by atoms with Gasteiger partial charge >= 0.3 is 0 Å². The molecular formula is C9H21NS. The fourth-order valence-corrected chi connectivity index (χ4v) is 1.76. The van der Waals surface area contributed by atoms with E-state index in [1.54, 1.807) is 0 Å². The van der Waals surface area contributed by atoms with Crippen molar-refractivity contribution in [3.63, 3.8) is 0 Å². The number of hydrogen-bond donors (Lipinski definition) is 1. The summed E-state index contributed by atoms with van der Waals surface area (Å²) in [4.78, 5) is 0. The lowest BCUT2D eigenvalue weighted by atomic mass is 9.99. The van der Waals surface area contributed by atoms with Crippen LogP contribution >= 0.6 is 11.8 Å². The summed E-state index contributed by atoms with van der Waals surface area (Å²) in [6.45, 7) is 3.11. The molecule has 0 aliphatic carbocycles. The summed E-state index contributed by atoms with van der Waals surface area (Å²) in [5.41, 5.74) is 5.63. The first-order valence-electron chi connectivity index (χ1n) is 4.54. The van der Waals surface area contributed by atoms with Gasteiger partial charge in [-0.1, -0.05) is 13.3 Å².